The molecule has 0 saturated heterocycles. The molecule has 0 aliphatic rings. The van der Waals surface area contributed by atoms with Crippen LogP contribution in [0.4, 0.5) is 5.69 Å². The van der Waals surface area contributed by atoms with Gasteiger partial charge >= 0.3 is 5.97 Å². The summed E-state index contributed by atoms with van der Waals surface area (Å²) in [7, 11) is 4.17. The fourth-order valence-electron chi connectivity index (χ4n) is 2.91. The van der Waals surface area contributed by atoms with E-state index in [1.165, 1.54) is 33.5 Å². The zero-order chi connectivity index (χ0) is 20.8. The molecule has 29 heavy (non-hydrogen) atoms. The van der Waals surface area contributed by atoms with Crippen LogP contribution in [-0.4, -0.2) is 39.8 Å². The van der Waals surface area contributed by atoms with Gasteiger partial charge in [-0.1, -0.05) is 36.4 Å². The molecular weight excluding hydrogens is 374 g/mol. The molecule has 3 aromatic carbocycles. The summed E-state index contributed by atoms with van der Waals surface area (Å²) in [6.07, 6.45) is 0. The summed E-state index contributed by atoms with van der Waals surface area (Å²) in [5.41, 5.74) is 0.379. The molecule has 1 N–H and O–H groups in total. The van der Waals surface area contributed by atoms with Crippen LogP contribution in [0, 0.1) is 0 Å². The minimum absolute atomic E-state index is 0.142. The predicted octanol–water partition coefficient (Wildman–Crippen LogP) is 3.66. The Hall–Kier alpha value is -3.74. The average molecular weight is 395 g/mol. The summed E-state index contributed by atoms with van der Waals surface area (Å²) in [4.78, 5) is 24.6. The Labute approximate surface area is 168 Å². The zero-order valence-electron chi connectivity index (χ0n) is 16.4. The highest BCUT2D eigenvalue weighted by atomic mass is 16.5. The Balaban J connectivity index is 1.80. The lowest BCUT2D eigenvalue weighted by molar-refractivity contribution is -0.118. The van der Waals surface area contributed by atoms with Crippen molar-refractivity contribution in [2.45, 2.75) is 0 Å². The molecule has 1 amide bonds. The van der Waals surface area contributed by atoms with E-state index in [2.05, 4.69) is 5.32 Å². The van der Waals surface area contributed by atoms with Crippen molar-refractivity contribution in [3.63, 3.8) is 0 Å². The minimum Gasteiger partial charge on any atom is -0.493 e. The molecule has 0 fully saturated rings. The number of methoxy groups -OCH3 is 3. The molecule has 3 aromatic rings. The van der Waals surface area contributed by atoms with Crippen LogP contribution in [-0.2, 0) is 9.53 Å². The molecule has 0 unspecified atom stereocenters. The maximum absolute atomic E-state index is 12.5. The van der Waals surface area contributed by atoms with E-state index in [9.17, 15) is 9.59 Å². The smallest absolute Gasteiger partial charge is 0.340 e. The number of hydrogen-bond acceptors (Lipinski definition) is 6. The Morgan fingerprint density at radius 2 is 1.55 bits per heavy atom. The van der Waals surface area contributed by atoms with Gasteiger partial charge in [-0.3, -0.25) is 4.79 Å². The molecule has 7 nitrogen and oxygen atoms in total. The molecule has 0 aliphatic heterocycles. The second-order valence-corrected chi connectivity index (χ2v) is 6.06. The molecule has 0 spiro atoms. The highest BCUT2D eigenvalue weighted by Gasteiger charge is 2.19. The highest BCUT2D eigenvalue weighted by Crippen LogP contribution is 2.34. The van der Waals surface area contributed by atoms with Gasteiger partial charge in [-0.25, -0.2) is 4.79 Å². The minimum atomic E-state index is -0.615. The van der Waals surface area contributed by atoms with E-state index in [0.717, 1.165) is 10.8 Å². The van der Waals surface area contributed by atoms with E-state index in [4.69, 9.17) is 18.9 Å². The summed E-state index contributed by atoms with van der Waals surface area (Å²) >= 11 is 0. The molecule has 150 valence electrons. The normalized spacial score (nSPS) is 10.3. The number of amides is 1. The van der Waals surface area contributed by atoms with Crippen molar-refractivity contribution in [3.05, 3.63) is 60.2 Å². The van der Waals surface area contributed by atoms with Crippen LogP contribution in [0.25, 0.3) is 10.8 Å². The number of carbonyl (C=O) groups excluding carboxylic acids is 2. The first-order chi connectivity index (χ1) is 14.1. The van der Waals surface area contributed by atoms with Crippen LogP contribution in [0.15, 0.2) is 54.6 Å². The number of esters is 1. The first-order valence-corrected chi connectivity index (χ1v) is 8.82. The Morgan fingerprint density at radius 1 is 0.862 bits per heavy atom. The quantitative estimate of drug-likeness (QED) is 0.615. The Kier molecular flexibility index (Phi) is 6.19. The number of carbonyl (C=O) groups is 2. The fourth-order valence-corrected chi connectivity index (χ4v) is 2.91. The molecule has 0 heterocycles. The summed E-state index contributed by atoms with van der Waals surface area (Å²) in [6, 6.07) is 16.3. The lowest BCUT2D eigenvalue weighted by Gasteiger charge is -2.15. The average Bonchev–Trinajstić information content (AvgIpc) is 2.76. The first kappa shape index (κ1) is 20.0. The van der Waals surface area contributed by atoms with Crippen molar-refractivity contribution in [1.29, 1.82) is 0 Å². The fraction of sp³-hybridized carbons (Fsp3) is 0.182. The third-order valence-electron chi connectivity index (χ3n) is 4.31. The topological polar surface area (TPSA) is 83.1 Å². The second-order valence-electron chi connectivity index (χ2n) is 6.06. The third kappa shape index (κ3) is 4.40. The van der Waals surface area contributed by atoms with Gasteiger partial charge in [-0.15, -0.1) is 0 Å². The number of anilines is 1. The van der Waals surface area contributed by atoms with E-state index in [0.29, 0.717) is 17.2 Å². The zero-order valence-corrected chi connectivity index (χ0v) is 16.4. The van der Waals surface area contributed by atoms with Crippen molar-refractivity contribution in [3.8, 4) is 17.2 Å². The van der Waals surface area contributed by atoms with Crippen molar-refractivity contribution in [1.82, 2.24) is 0 Å². The van der Waals surface area contributed by atoms with Crippen molar-refractivity contribution in [2.75, 3.05) is 33.3 Å². The predicted molar refractivity (Wildman–Crippen MR) is 109 cm³/mol. The van der Waals surface area contributed by atoms with Crippen LogP contribution >= 0.6 is 0 Å². The van der Waals surface area contributed by atoms with Gasteiger partial charge in [0.15, 0.2) is 18.1 Å². The van der Waals surface area contributed by atoms with Gasteiger partial charge < -0.3 is 24.3 Å². The monoisotopic (exact) mass is 395 g/mol. The number of rotatable bonds is 7. The van der Waals surface area contributed by atoms with Gasteiger partial charge in [0.25, 0.3) is 5.91 Å². The van der Waals surface area contributed by atoms with Gasteiger partial charge in [-0.05, 0) is 11.5 Å². The summed E-state index contributed by atoms with van der Waals surface area (Å²) < 4.78 is 20.9. The lowest BCUT2D eigenvalue weighted by atomic mass is 10.1. The highest BCUT2D eigenvalue weighted by molar-refractivity contribution is 6.02. The Morgan fingerprint density at radius 3 is 2.28 bits per heavy atom. The molecule has 0 bridgehead atoms. The first-order valence-electron chi connectivity index (χ1n) is 8.82. The van der Waals surface area contributed by atoms with Crippen LogP contribution < -0.4 is 19.5 Å². The maximum Gasteiger partial charge on any atom is 0.340 e. The SMILES string of the molecule is COC(=O)c1cc(OC)c(OC)cc1NC(=O)COc1cccc2ccccc12. The van der Waals surface area contributed by atoms with E-state index < -0.39 is 11.9 Å². The number of hydrogen-bond donors (Lipinski definition) is 1. The molecule has 0 saturated carbocycles. The van der Waals surface area contributed by atoms with E-state index in [-0.39, 0.29) is 17.9 Å². The summed E-state index contributed by atoms with van der Waals surface area (Å²) in [5, 5.41) is 4.59. The Bertz CT molecular complexity index is 1040. The summed E-state index contributed by atoms with van der Waals surface area (Å²) in [5.74, 6) is 0.258. The van der Waals surface area contributed by atoms with Crippen LogP contribution in [0.1, 0.15) is 10.4 Å². The molecular formula is C22H21NO6. The van der Waals surface area contributed by atoms with E-state index in [1.54, 1.807) is 6.07 Å². The van der Waals surface area contributed by atoms with E-state index in [1.807, 2.05) is 36.4 Å². The number of benzene rings is 3. The molecule has 0 aliphatic carbocycles. The number of fused-ring (bicyclic) bond motifs is 1. The van der Waals surface area contributed by atoms with Gasteiger partial charge in [0.1, 0.15) is 5.75 Å². The van der Waals surface area contributed by atoms with Crippen LogP contribution in [0.5, 0.6) is 17.2 Å². The second kappa shape index (κ2) is 8.97. The van der Waals surface area contributed by atoms with Crippen LogP contribution in [0.2, 0.25) is 0 Å². The van der Waals surface area contributed by atoms with Crippen LogP contribution in [0.3, 0.4) is 0 Å². The molecule has 0 atom stereocenters. The standard InChI is InChI=1S/C22H21NO6/c1-26-19-11-16(22(25)28-3)17(12-20(19)27-2)23-21(24)13-29-18-10-6-8-14-7-4-5-9-15(14)18/h4-12H,13H2,1-3H3,(H,23,24). The maximum atomic E-state index is 12.5. The number of nitrogens with one attached hydrogen (secondary N) is 1. The molecule has 3 rings (SSSR count). The van der Waals surface area contributed by atoms with Crippen molar-refractivity contribution in [2.24, 2.45) is 0 Å². The van der Waals surface area contributed by atoms with Gasteiger partial charge in [0, 0.05) is 17.5 Å². The summed E-state index contributed by atoms with van der Waals surface area (Å²) in [6.45, 7) is -0.233. The molecule has 0 aromatic heterocycles. The van der Waals surface area contributed by atoms with Gasteiger partial charge in [0.2, 0.25) is 0 Å². The molecule has 7 heteroatoms. The van der Waals surface area contributed by atoms with Crippen molar-refractivity contribution < 1.29 is 28.5 Å². The molecule has 0 radical (unpaired) electrons. The van der Waals surface area contributed by atoms with Crippen molar-refractivity contribution >= 4 is 28.3 Å². The number of ether oxygens (including phenoxy) is 4. The van der Waals surface area contributed by atoms with Gasteiger partial charge in [-0.2, -0.15) is 0 Å². The third-order valence-corrected chi connectivity index (χ3v) is 4.31. The largest absolute Gasteiger partial charge is 0.493 e. The van der Waals surface area contributed by atoms with Gasteiger partial charge in [0.05, 0.1) is 32.6 Å². The van der Waals surface area contributed by atoms with E-state index >= 15 is 0 Å². The lowest BCUT2D eigenvalue weighted by Crippen LogP contribution is -2.22.